The first-order chi connectivity index (χ1) is 9.69. The fourth-order valence-electron chi connectivity index (χ4n) is 2.26. The summed E-state index contributed by atoms with van der Waals surface area (Å²) >= 11 is 0. The lowest BCUT2D eigenvalue weighted by molar-refractivity contribution is -0.670. The number of nitriles is 1. The number of benzene rings is 1. The molecule has 0 aliphatic carbocycles. The molecule has 0 unspecified atom stereocenters. The van der Waals surface area contributed by atoms with Crippen molar-refractivity contribution in [2.45, 2.75) is 0 Å². The van der Waals surface area contributed by atoms with E-state index >= 15 is 0 Å². The highest BCUT2D eigenvalue weighted by Crippen LogP contribution is 2.20. The summed E-state index contributed by atoms with van der Waals surface area (Å²) in [7, 11) is 3.91. The van der Waals surface area contributed by atoms with Crippen LogP contribution in [-0.2, 0) is 14.1 Å². The van der Waals surface area contributed by atoms with E-state index in [1.165, 1.54) is 0 Å². The summed E-state index contributed by atoms with van der Waals surface area (Å²) in [6.07, 6.45) is 11.7. The normalized spacial score (nSPS) is 10.4. The van der Waals surface area contributed by atoms with Gasteiger partial charge in [0, 0.05) is 0 Å². The number of nitrogens with zero attached hydrogens (tertiary/aromatic N) is 5. The van der Waals surface area contributed by atoms with Crippen molar-refractivity contribution in [2.24, 2.45) is 14.1 Å². The van der Waals surface area contributed by atoms with Crippen LogP contribution in [0.2, 0.25) is 0 Å². The molecule has 5 nitrogen and oxygen atoms in total. The minimum atomic E-state index is 0.653. The SMILES string of the molecule is C[n+]1ccn(-c2cccc(-n3cc[n+](C)c3)c2C#N)c1. The van der Waals surface area contributed by atoms with Crippen molar-refractivity contribution in [3.05, 3.63) is 61.2 Å². The first-order valence-electron chi connectivity index (χ1n) is 6.29. The predicted octanol–water partition coefficient (Wildman–Crippen LogP) is 0.789. The Morgan fingerprint density at radius 1 is 0.950 bits per heavy atom. The van der Waals surface area contributed by atoms with E-state index in [1.54, 1.807) is 0 Å². The number of imidazole rings is 2. The molecule has 0 saturated heterocycles. The molecule has 0 fully saturated rings. The minimum absolute atomic E-state index is 0.653. The molecule has 3 aromatic rings. The van der Waals surface area contributed by atoms with Gasteiger partial charge in [-0.3, -0.25) is 0 Å². The molecule has 0 aliphatic rings. The van der Waals surface area contributed by atoms with Crippen molar-refractivity contribution in [3.63, 3.8) is 0 Å². The summed E-state index contributed by atoms with van der Waals surface area (Å²) in [6, 6.07) is 8.18. The predicted molar refractivity (Wildman–Crippen MR) is 72.2 cm³/mol. The Balaban J connectivity index is 2.21. The van der Waals surface area contributed by atoms with Crippen LogP contribution in [0, 0.1) is 11.3 Å². The van der Waals surface area contributed by atoms with E-state index in [0.717, 1.165) is 11.4 Å². The number of aryl methyl sites for hydroxylation is 2. The molecule has 0 aliphatic heterocycles. The van der Waals surface area contributed by atoms with Gasteiger partial charge in [-0.25, -0.2) is 18.3 Å². The molecular formula is C15H15N5+2. The van der Waals surface area contributed by atoms with Crippen molar-refractivity contribution in [1.29, 1.82) is 5.26 Å². The molecule has 1 aromatic carbocycles. The van der Waals surface area contributed by atoms with E-state index in [9.17, 15) is 5.26 Å². The van der Waals surface area contributed by atoms with E-state index in [-0.39, 0.29) is 0 Å². The van der Waals surface area contributed by atoms with E-state index in [1.807, 2.05) is 88.0 Å². The van der Waals surface area contributed by atoms with Gasteiger partial charge in [-0.15, -0.1) is 0 Å². The van der Waals surface area contributed by atoms with Gasteiger partial charge in [0.1, 0.15) is 36.4 Å². The Labute approximate surface area is 117 Å². The van der Waals surface area contributed by atoms with Crippen molar-refractivity contribution in [3.8, 4) is 17.4 Å². The second-order valence-electron chi connectivity index (χ2n) is 4.76. The summed E-state index contributed by atoms with van der Waals surface area (Å²) in [5.41, 5.74) is 2.41. The largest absolute Gasteiger partial charge is 0.248 e. The highest BCUT2D eigenvalue weighted by Gasteiger charge is 2.18. The van der Waals surface area contributed by atoms with Gasteiger partial charge in [-0.2, -0.15) is 5.26 Å². The fourth-order valence-corrected chi connectivity index (χ4v) is 2.26. The second kappa shape index (κ2) is 4.67. The maximum absolute atomic E-state index is 9.55. The number of rotatable bonds is 2. The maximum atomic E-state index is 9.55. The van der Waals surface area contributed by atoms with Crippen molar-refractivity contribution < 1.29 is 9.13 Å². The van der Waals surface area contributed by atoms with E-state index in [0.29, 0.717) is 5.56 Å². The Hall–Kier alpha value is -2.87. The Bertz CT molecular complexity index is 745. The van der Waals surface area contributed by atoms with Crippen molar-refractivity contribution in [1.82, 2.24) is 9.13 Å². The monoisotopic (exact) mass is 265 g/mol. The zero-order chi connectivity index (χ0) is 14.1. The lowest BCUT2D eigenvalue weighted by Crippen LogP contribution is -2.24. The van der Waals surface area contributed by atoms with Gasteiger partial charge in [0.15, 0.2) is 11.4 Å². The third kappa shape index (κ3) is 1.97. The molecule has 5 heteroatoms. The number of hydrogen-bond acceptors (Lipinski definition) is 1. The fraction of sp³-hybridized carbons (Fsp3) is 0.133. The molecule has 0 radical (unpaired) electrons. The Kier molecular flexibility index (Phi) is 2.84. The first kappa shape index (κ1) is 12.2. The third-order valence-electron chi connectivity index (χ3n) is 3.23. The lowest BCUT2D eigenvalue weighted by Gasteiger charge is -2.03. The van der Waals surface area contributed by atoms with Crippen LogP contribution in [0.3, 0.4) is 0 Å². The topological polar surface area (TPSA) is 41.4 Å². The van der Waals surface area contributed by atoms with Crippen LogP contribution in [0.4, 0.5) is 0 Å². The van der Waals surface area contributed by atoms with Crippen molar-refractivity contribution in [2.75, 3.05) is 0 Å². The third-order valence-corrected chi connectivity index (χ3v) is 3.23. The van der Waals surface area contributed by atoms with Gasteiger partial charge < -0.3 is 0 Å². The van der Waals surface area contributed by atoms with Gasteiger partial charge in [0.25, 0.3) is 0 Å². The standard InChI is InChI=1S/C15H15N5/c1-17-6-8-19(11-17)14-4-3-5-15(13(14)10-16)20-9-7-18(2)12-20/h3-9,11-12H,1-2H3/q+2. The van der Waals surface area contributed by atoms with Crippen LogP contribution in [0.5, 0.6) is 0 Å². The van der Waals surface area contributed by atoms with E-state index in [2.05, 4.69) is 6.07 Å². The summed E-state index contributed by atoms with van der Waals surface area (Å²) in [5.74, 6) is 0. The Morgan fingerprint density at radius 2 is 1.45 bits per heavy atom. The zero-order valence-corrected chi connectivity index (χ0v) is 11.4. The zero-order valence-electron chi connectivity index (χ0n) is 11.4. The molecule has 0 bridgehead atoms. The molecule has 0 atom stereocenters. The summed E-state index contributed by atoms with van der Waals surface area (Å²) < 4.78 is 7.80. The van der Waals surface area contributed by atoms with Crippen LogP contribution in [-0.4, -0.2) is 9.13 Å². The van der Waals surface area contributed by atoms with Gasteiger partial charge in [0.2, 0.25) is 12.7 Å². The summed E-state index contributed by atoms with van der Waals surface area (Å²) in [4.78, 5) is 0. The molecular weight excluding hydrogens is 250 g/mol. The van der Waals surface area contributed by atoms with E-state index in [4.69, 9.17) is 0 Å². The van der Waals surface area contributed by atoms with Crippen LogP contribution in [0.1, 0.15) is 5.56 Å². The number of aromatic nitrogens is 4. The second-order valence-corrected chi connectivity index (χ2v) is 4.76. The molecule has 20 heavy (non-hydrogen) atoms. The molecule has 0 N–H and O–H groups in total. The van der Waals surface area contributed by atoms with Crippen LogP contribution in [0.25, 0.3) is 11.4 Å². The molecule has 98 valence electrons. The summed E-state index contributed by atoms with van der Waals surface area (Å²) in [5, 5.41) is 9.55. The highest BCUT2D eigenvalue weighted by atomic mass is 15.1. The summed E-state index contributed by atoms with van der Waals surface area (Å²) in [6.45, 7) is 0. The van der Waals surface area contributed by atoms with Crippen LogP contribution < -0.4 is 9.13 Å². The molecule has 2 aromatic heterocycles. The quantitative estimate of drug-likeness (QED) is 0.632. The molecule has 0 saturated carbocycles. The molecule has 0 spiro atoms. The minimum Gasteiger partial charge on any atom is -0.239 e. The number of hydrogen-bond donors (Lipinski definition) is 0. The van der Waals surface area contributed by atoms with Gasteiger partial charge in [-0.05, 0) is 12.1 Å². The van der Waals surface area contributed by atoms with E-state index < -0.39 is 0 Å². The first-order valence-corrected chi connectivity index (χ1v) is 6.29. The van der Waals surface area contributed by atoms with Gasteiger partial charge >= 0.3 is 0 Å². The van der Waals surface area contributed by atoms with Gasteiger partial charge in [0.05, 0.1) is 14.1 Å². The maximum Gasteiger partial charge on any atom is 0.248 e. The highest BCUT2D eigenvalue weighted by molar-refractivity contribution is 5.60. The average Bonchev–Trinajstić information content (AvgIpc) is 3.06. The van der Waals surface area contributed by atoms with Crippen LogP contribution >= 0.6 is 0 Å². The molecule has 2 heterocycles. The van der Waals surface area contributed by atoms with Gasteiger partial charge in [-0.1, -0.05) is 6.07 Å². The molecule has 0 amide bonds. The Morgan fingerprint density at radius 3 is 1.80 bits per heavy atom. The lowest BCUT2D eigenvalue weighted by atomic mass is 10.1. The van der Waals surface area contributed by atoms with Crippen molar-refractivity contribution >= 4 is 0 Å². The average molecular weight is 265 g/mol. The molecule has 3 rings (SSSR count). The smallest absolute Gasteiger partial charge is 0.239 e. The van der Waals surface area contributed by atoms with Crippen LogP contribution in [0.15, 0.2) is 55.6 Å².